The lowest BCUT2D eigenvalue weighted by Crippen LogP contribution is -1.90. The van der Waals surface area contributed by atoms with Crippen LogP contribution in [0.5, 0.6) is 0 Å². The van der Waals surface area contributed by atoms with Gasteiger partial charge < -0.3 is 5.11 Å². The molecule has 0 saturated heterocycles. The molecule has 0 amide bonds. The summed E-state index contributed by atoms with van der Waals surface area (Å²) < 4.78 is 0. The van der Waals surface area contributed by atoms with E-state index in [9.17, 15) is 0 Å². The van der Waals surface area contributed by atoms with Crippen LogP contribution in [-0.4, -0.2) is 5.11 Å². The van der Waals surface area contributed by atoms with Crippen molar-refractivity contribution in [3.63, 3.8) is 0 Å². The summed E-state index contributed by atoms with van der Waals surface area (Å²) >= 11 is 0. The van der Waals surface area contributed by atoms with Gasteiger partial charge >= 0.3 is 0 Å². The maximum absolute atomic E-state index is 8.85. The molecule has 0 saturated carbocycles. The largest absolute Gasteiger partial charge is 0.385 e. The molecular formula is C11H15O. The van der Waals surface area contributed by atoms with Gasteiger partial charge in [0.2, 0.25) is 0 Å². The van der Waals surface area contributed by atoms with Gasteiger partial charge in [-0.2, -0.15) is 0 Å². The first-order valence-corrected chi connectivity index (χ1v) is 4.40. The highest BCUT2D eigenvalue weighted by Crippen LogP contribution is 2.12. The summed E-state index contributed by atoms with van der Waals surface area (Å²) in [5, 5.41) is 8.85. The number of hydrogen-bond donors (Lipinski definition) is 1. The molecule has 0 atom stereocenters. The van der Waals surface area contributed by atoms with Crippen LogP contribution in [0.15, 0.2) is 18.2 Å². The van der Waals surface area contributed by atoms with Crippen LogP contribution in [0.4, 0.5) is 0 Å². The number of aliphatic hydroxyl groups excluding tert-OH is 1. The molecule has 1 rings (SSSR count). The summed E-state index contributed by atoms with van der Waals surface area (Å²) in [4.78, 5) is 0. The Morgan fingerprint density at radius 2 is 1.58 bits per heavy atom. The highest BCUT2D eigenvalue weighted by Gasteiger charge is 1.97. The first kappa shape index (κ1) is 9.27. The zero-order chi connectivity index (χ0) is 8.97. The van der Waals surface area contributed by atoms with E-state index in [-0.39, 0.29) is 0 Å². The van der Waals surface area contributed by atoms with E-state index in [0.717, 1.165) is 18.4 Å². The van der Waals surface area contributed by atoms with Crippen LogP contribution < -0.4 is 0 Å². The lowest BCUT2D eigenvalue weighted by molar-refractivity contribution is 0.414. The Labute approximate surface area is 74.1 Å². The van der Waals surface area contributed by atoms with Gasteiger partial charge in [0.05, 0.1) is 0 Å². The van der Waals surface area contributed by atoms with Crippen LogP contribution in [0.2, 0.25) is 0 Å². The first-order valence-electron chi connectivity index (χ1n) is 4.40. The van der Waals surface area contributed by atoms with E-state index < -0.39 is 0 Å². The Balaban J connectivity index is 3.01. The van der Waals surface area contributed by atoms with Crippen LogP contribution in [0.25, 0.3) is 0 Å². The van der Waals surface area contributed by atoms with E-state index in [1.54, 1.807) is 0 Å². The molecular weight excluding hydrogens is 148 g/mol. The molecule has 0 unspecified atom stereocenters. The van der Waals surface area contributed by atoms with Crippen molar-refractivity contribution in [2.24, 2.45) is 0 Å². The highest BCUT2D eigenvalue weighted by atomic mass is 16.3. The second-order valence-electron chi connectivity index (χ2n) is 2.92. The average Bonchev–Trinajstić information content (AvgIpc) is 2.16. The summed E-state index contributed by atoms with van der Waals surface area (Å²) in [7, 11) is 0. The van der Waals surface area contributed by atoms with Crippen molar-refractivity contribution in [3.05, 3.63) is 41.5 Å². The van der Waals surface area contributed by atoms with Gasteiger partial charge in [-0.05, 0) is 29.5 Å². The van der Waals surface area contributed by atoms with Gasteiger partial charge in [-0.3, -0.25) is 0 Å². The Bertz CT molecular complexity index is 198. The third-order valence-electron chi connectivity index (χ3n) is 2.04. The molecule has 0 spiro atoms. The van der Waals surface area contributed by atoms with Crippen molar-refractivity contribution in [2.75, 3.05) is 0 Å². The van der Waals surface area contributed by atoms with E-state index in [1.807, 2.05) is 12.1 Å². The Morgan fingerprint density at radius 3 is 1.92 bits per heavy atom. The van der Waals surface area contributed by atoms with Crippen molar-refractivity contribution in [1.82, 2.24) is 0 Å². The number of aryl methyl sites for hydroxylation is 2. The lowest BCUT2D eigenvalue weighted by atomic mass is 10.0. The molecule has 12 heavy (non-hydrogen) atoms. The normalized spacial score (nSPS) is 10.2. The second-order valence-corrected chi connectivity index (χ2v) is 2.92. The number of aliphatic hydroxyl groups is 1. The minimum atomic E-state index is 0.909. The molecule has 0 aliphatic carbocycles. The van der Waals surface area contributed by atoms with E-state index >= 15 is 0 Å². The fraction of sp³-hybridized carbons (Fsp3) is 0.364. The molecule has 1 nitrogen and oxygen atoms in total. The number of hydrogen-bond acceptors (Lipinski definition) is 1. The van der Waals surface area contributed by atoms with E-state index in [4.69, 9.17) is 5.11 Å². The van der Waals surface area contributed by atoms with Crippen LogP contribution in [0.1, 0.15) is 30.5 Å². The van der Waals surface area contributed by atoms with Crippen LogP contribution >= 0.6 is 0 Å². The highest BCUT2D eigenvalue weighted by molar-refractivity contribution is 5.32. The van der Waals surface area contributed by atoms with Gasteiger partial charge in [0.1, 0.15) is 6.61 Å². The van der Waals surface area contributed by atoms with Crippen molar-refractivity contribution in [1.29, 1.82) is 0 Å². The summed E-state index contributed by atoms with van der Waals surface area (Å²) in [6, 6.07) is 6.21. The molecule has 1 aromatic carbocycles. The van der Waals surface area contributed by atoms with Crippen molar-refractivity contribution < 1.29 is 5.11 Å². The van der Waals surface area contributed by atoms with Crippen molar-refractivity contribution in [3.8, 4) is 0 Å². The average molecular weight is 163 g/mol. The monoisotopic (exact) mass is 163 g/mol. The van der Waals surface area contributed by atoms with Crippen molar-refractivity contribution in [2.45, 2.75) is 26.7 Å². The van der Waals surface area contributed by atoms with Gasteiger partial charge in [-0.1, -0.05) is 32.0 Å². The fourth-order valence-corrected chi connectivity index (χ4v) is 1.27. The van der Waals surface area contributed by atoms with Crippen LogP contribution in [0.3, 0.4) is 0 Å². The standard InChI is InChI=1S/C11H15O/c1-3-9-5-10(4-2)7-11(6-9)8-12/h5-8,12H,3-4H2,1-2H3. The molecule has 0 aliphatic heterocycles. The van der Waals surface area contributed by atoms with Gasteiger partial charge in [-0.25, -0.2) is 0 Å². The maximum Gasteiger partial charge on any atom is 0.109 e. The molecule has 0 bridgehead atoms. The van der Waals surface area contributed by atoms with E-state index in [0.29, 0.717) is 0 Å². The zero-order valence-corrected chi connectivity index (χ0v) is 7.67. The predicted octanol–water partition coefficient (Wildman–Crippen LogP) is 2.69. The van der Waals surface area contributed by atoms with Gasteiger partial charge in [0, 0.05) is 0 Å². The number of benzene rings is 1. The summed E-state index contributed by atoms with van der Waals surface area (Å²) in [5.74, 6) is 0. The number of rotatable bonds is 3. The van der Waals surface area contributed by atoms with Crippen LogP contribution in [-0.2, 0) is 12.8 Å². The van der Waals surface area contributed by atoms with Gasteiger partial charge in [0.25, 0.3) is 0 Å². The summed E-state index contributed by atoms with van der Waals surface area (Å²) in [6.07, 6.45) is 2.04. The van der Waals surface area contributed by atoms with Gasteiger partial charge in [0.15, 0.2) is 0 Å². The maximum atomic E-state index is 8.85. The van der Waals surface area contributed by atoms with E-state index in [1.165, 1.54) is 17.7 Å². The molecule has 0 aliphatic rings. The molecule has 1 heteroatoms. The third kappa shape index (κ3) is 2.08. The quantitative estimate of drug-likeness (QED) is 0.726. The minimum Gasteiger partial charge on any atom is -0.385 e. The molecule has 65 valence electrons. The summed E-state index contributed by atoms with van der Waals surface area (Å²) in [6.45, 7) is 5.41. The van der Waals surface area contributed by atoms with E-state index in [2.05, 4.69) is 19.9 Å². The minimum absolute atomic E-state index is 0.909. The topological polar surface area (TPSA) is 20.2 Å². The molecule has 0 heterocycles. The van der Waals surface area contributed by atoms with Crippen LogP contribution in [0, 0.1) is 6.61 Å². The van der Waals surface area contributed by atoms with Crippen molar-refractivity contribution >= 4 is 0 Å². The Hall–Kier alpha value is -0.820. The predicted molar refractivity (Wildman–Crippen MR) is 50.5 cm³/mol. The second kappa shape index (κ2) is 4.27. The smallest absolute Gasteiger partial charge is 0.109 e. The summed E-state index contributed by atoms with van der Waals surface area (Å²) in [5.41, 5.74) is 3.48. The molecule has 0 fully saturated rings. The zero-order valence-electron chi connectivity index (χ0n) is 7.67. The first-order chi connectivity index (χ1) is 5.80. The molecule has 1 aromatic rings. The molecule has 0 aromatic heterocycles. The molecule has 1 radical (unpaired) electrons. The van der Waals surface area contributed by atoms with Gasteiger partial charge in [-0.15, -0.1) is 0 Å². The Kier molecular flexibility index (Phi) is 3.30. The Morgan fingerprint density at radius 1 is 1.08 bits per heavy atom. The fourth-order valence-electron chi connectivity index (χ4n) is 1.27. The SMILES string of the molecule is CCc1cc([CH]O)cc(CC)c1. The molecule has 1 N–H and O–H groups in total. The lowest BCUT2D eigenvalue weighted by Gasteiger charge is -2.04. The third-order valence-corrected chi connectivity index (χ3v) is 2.04.